The van der Waals surface area contributed by atoms with Crippen LogP contribution in [0.25, 0.3) is 22.3 Å². The maximum absolute atomic E-state index is 13.1. The van der Waals surface area contributed by atoms with Crippen LogP contribution in [0, 0.1) is 5.82 Å². The van der Waals surface area contributed by atoms with Crippen LogP contribution in [0.15, 0.2) is 52.9 Å². The van der Waals surface area contributed by atoms with Gasteiger partial charge >= 0.3 is 0 Å². The van der Waals surface area contributed by atoms with E-state index in [1.165, 1.54) is 12.1 Å². The molecule has 0 saturated carbocycles. The lowest BCUT2D eigenvalue weighted by Gasteiger charge is -1.99. The van der Waals surface area contributed by atoms with E-state index >= 15 is 0 Å². The van der Waals surface area contributed by atoms with Crippen molar-refractivity contribution in [1.82, 2.24) is 0 Å². The van der Waals surface area contributed by atoms with Gasteiger partial charge in [-0.1, -0.05) is 24.3 Å². The van der Waals surface area contributed by atoms with Crippen molar-refractivity contribution in [1.29, 1.82) is 0 Å². The second kappa shape index (κ2) is 4.11. The minimum absolute atomic E-state index is 0.307. The van der Waals surface area contributed by atoms with Crippen molar-refractivity contribution in [3.8, 4) is 11.3 Å². The molecule has 0 amide bonds. The number of hydrogen-bond donors (Lipinski definition) is 0. The number of aldehydes is 1. The van der Waals surface area contributed by atoms with Gasteiger partial charge < -0.3 is 4.42 Å². The van der Waals surface area contributed by atoms with Gasteiger partial charge in [0.25, 0.3) is 0 Å². The Morgan fingerprint density at radius 3 is 2.72 bits per heavy atom. The first-order valence-corrected chi connectivity index (χ1v) is 5.51. The van der Waals surface area contributed by atoms with Crippen molar-refractivity contribution in [2.24, 2.45) is 0 Å². The Bertz CT molecular complexity index is 728. The highest BCUT2D eigenvalue weighted by atomic mass is 19.1. The number of hydrogen-bond acceptors (Lipinski definition) is 2. The summed E-state index contributed by atoms with van der Waals surface area (Å²) in [7, 11) is 0. The minimum atomic E-state index is -0.307. The normalized spacial score (nSPS) is 10.7. The quantitative estimate of drug-likeness (QED) is 0.632. The molecular weight excluding hydrogens is 231 g/mol. The highest BCUT2D eigenvalue weighted by molar-refractivity contribution is 5.90. The van der Waals surface area contributed by atoms with Crippen molar-refractivity contribution in [3.63, 3.8) is 0 Å². The van der Waals surface area contributed by atoms with Gasteiger partial charge in [0.15, 0.2) is 6.29 Å². The third-order valence-electron chi connectivity index (χ3n) is 2.83. The molecule has 0 N–H and O–H groups in total. The molecule has 3 rings (SSSR count). The fraction of sp³-hybridized carbons (Fsp3) is 0. The summed E-state index contributed by atoms with van der Waals surface area (Å²) in [4.78, 5) is 11.0. The Hall–Kier alpha value is -2.42. The van der Waals surface area contributed by atoms with Gasteiger partial charge in [-0.15, -0.1) is 0 Å². The Morgan fingerprint density at radius 1 is 1.06 bits per heavy atom. The average molecular weight is 240 g/mol. The lowest BCUT2D eigenvalue weighted by atomic mass is 10.1. The fourth-order valence-electron chi connectivity index (χ4n) is 1.97. The van der Waals surface area contributed by atoms with Crippen molar-refractivity contribution in [2.75, 3.05) is 0 Å². The molecule has 0 radical (unpaired) electrons. The van der Waals surface area contributed by atoms with E-state index in [9.17, 15) is 9.18 Å². The molecule has 0 fully saturated rings. The first kappa shape index (κ1) is 10.7. The molecular formula is C15H9FO2. The molecule has 0 aliphatic carbocycles. The zero-order chi connectivity index (χ0) is 12.5. The first-order chi connectivity index (χ1) is 8.78. The smallest absolute Gasteiger partial charge is 0.150 e. The molecule has 2 nitrogen and oxygen atoms in total. The number of rotatable bonds is 2. The summed E-state index contributed by atoms with van der Waals surface area (Å²) in [5.74, 6) is 0.261. The van der Waals surface area contributed by atoms with E-state index in [4.69, 9.17) is 4.42 Å². The molecule has 0 aliphatic heterocycles. The van der Waals surface area contributed by atoms with Gasteiger partial charge in [-0.2, -0.15) is 0 Å². The maximum Gasteiger partial charge on any atom is 0.150 e. The molecule has 0 saturated heterocycles. The Labute approximate surface area is 103 Å². The molecule has 0 unspecified atom stereocenters. The van der Waals surface area contributed by atoms with Crippen molar-refractivity contribution in [3.05, 3.63) is 59.9 Å². The Balaban J connectivity index is 2.22. The molecule has 3 heteroatoms. The number of halogens is 1. The molecule has 3 aromatic rings. The van der Waals surface area contributed by atoms with E-state index in [0.29, 0.717) is 27.9 Å². The summed E-state index contributed by atoms with van der Waals surface area (Å²) < 4.78 is 18.7. The Morgan fingerprint density at radius 2 is 1.89 bits per heavy atom. The summed E-state index contributed by atoms with van der Waals surface area (Å²) in [6.07, 6.45) is 0.781. The number of carbonyl (C=O) groups excluding carboxylic acids is 1. The molecule has 88 valence electrons. The first-order valence-electron chi connectivity index (χ1n) is 5.51. The third kappa shape index (κ3) is 1.70. The predicted octanol–water partition coefficient (Wildman–Crippen LogP) is 4.05. The zero-order valence-electron chi connectivity index (χ0n) is 9.39. The van der Waals surface area contributed by atoms with Crippen molar-refractivity contribution >= 4 is 17.3 Å². The van der Waals surface area contributed by atoms with Crippen LogP contribution >= 0.6 is 0 Å². The molecule has 0 atom stereocenters. The summed E-state index contributed by atoms with van der Waals surface area (Å²) in [5, 5.41) is 0.686. The highest BCUT2D eigenvalue weighted by Gasteiger charge is 2.10. The van der Waals surface area contributed by atoms with E-state index < -0.39 is 0 Å². The second-order valence-corrected chi connectivity index (χ2v) is 4.00. The largest absolute Gasteiger partial charge is 0.456 e. The summed E-state index contributed by atoms with van der Waals surface area (Å²) in [6.45, 7) is 0. The highest BCUT2D eigenvalue weighted by Crippen LogP contribution is 2.29. The summed E-state index contributed by atoms with van der Waals surface area (Å²) in [6, 6.07) is 13.2. The molecule has 0 bridgehead atoms. The van der Waals surface area contributed by atoms with Crippen LogP contribution in [0.2, 0.25) is 0 Å². The van der Waals surface area contributed by atoms with Gasteiger partial charge in [-0.25, -0.2) is 4.39 Å². The van der Waals surface area contributed by atoms with Crippen LogP contribution in [0.5, 0.6) is 0 Å². The van der Waals surface area contributed by atoms with E-state index in [1.54, 1.807) is 30.3 Å². The predicted molar refractivity (Wildman–Crippen MR) is 67.0 cm³/mol. The number of carbonyl (C=O) groups is 1. The van der Waals surface area contributed by atoms with Crippen LogP contribution in [-0.2, 0) is 0 Å². The number of furan rings is 1. The summed E-state index contributed by atoms with van der Waals surface area (Å²) >= 11 is 0. The zero-order valence-corrected chi connectivity index (χ0v) is 9.39. The minimum Gasteiger partial charge on any atom is -0.456 e. The van der Waals surface area contributed by atoms with Gasteiger partial charge in [0.05, 0.1) is 0 Å². The van der Waals surface area contributed by atoms with E-state index in [2.05, 4.69) is 0 Å². The van der Waals surface area contributed by atoms with Gasteiger partial charge in [0, 0.05) is 16.5 Å². The molecule has 18 heavy (non-hydrogen) atoms. The van der Waals surface area contributed by atoms with Crippen molar-refractivity contribution < 1.29 is 13.6 Å². The van der Waals surface area contributed by atoms with Gasteiger partial charge in [-0.05, 0) is 24.3 Å². The van der Waals surface area contributed by atoms with Crippen LogP contribution in [0.4, 0.5) is 4.39 Å². The SMILES string of the molecule is O=Cc1ccccc1-c1cc2cc(F)ccc2o1. The molecule has 2 aromatic carbocycles. The van der Waals surface area contributed by atoms with E-state index in [1.807, 2.05) is 6.07 Å². The number of benzene rings is 2. The molecule has 0 spiro atoms. The molecule has 1 aromatic heterocycles. The van der Waals surface area contributed by atoms with Crippen molar-refractivity contribution in [2.45, 2.75) is 0 Å². The number of fused-ring (bicyclic) bond motifs is 1. The third-order valence-corrected chi connectivity index (χ3v) is 2.83. The van der Waals surface area contributed by atoms with Crippen LogP contribution < -0.4 is 0 Å². The van der Waals surface area contributed by atoms with E-state index in [-0.39, 0.29) is 5.82 Å². The van der Waals surface area contributed by atoms with Gasteiger partial charge in [0.2, 0.25) is 0 Å². The summed E-state index contributed by atoms with van der Waals surface area (Å²) in [5.41, 5.74) is 1.87. The van der Waals surface area contributed by atoms with Crippen LogP contribution in [-0.4, -0.2) is 6.29 Å². The van der Waals surface area contributed by atoms with Gasteiger partial charge in [-0.3, -0.25) is 4.79 Å². The second-order valence-electron chi connectivity index (χ2n) is 4.00. The van der Waals surface area contributed by atoms with Gasteiger partial charge in [0.1, 0.15) is 17.2 Å². The van der Waals surface area contributed by atoms with E-state index in [0.717, 1.165) is 6.29 Å². The molecule has 1 heterocycles. The average Bonchev–Trinajstić information content (AvgIpc) is 2.81. The lowest BCUT2D eigenvalue weighted by molar-refractivity contribution is 0.112. The monoisotopic (exact) mass is 240 g/mol. The standard InChI is InChI=1S/C15H9FO2/c16-12-5-6-14-11(7-12)8-15(18-14)13-4-2-1-3-10(13)9-17/h1-9H. The Kier molecular flexibility index (Phi) is 2.45. The maximum atomic E-state index is 13.1. The topological polar surface area (TPSA) is 30.2 Å². The lowest BCUT2D eigenvalue weighted by Crippen LogP contribution is -1.84. The van der Waals surface area contributed by atoms with Crippen LogP contribution in [0.3, 0.4) is 0 Å². The van der Waals surface area contributed by atoms with Crippen LogP contribution in [0.1, 0.15) is 10.4 Å². The fourth-order valence-corrected chi connectivity index (χ4v) is 1.97. The molecule has 0 aliphatic rings.